The molecule has 0 N–H and O–H groups in total. The number of likely N-dealkylation sites (N-methyl/N-ethyl adjacent to an activating group) is 1. The Balaban J connectivity index is 1.63. The van der Waals surface area contributed by atoms with Gasteiger partial charge in [0.25, 0.3) is 5.91 Å². The molecule has 1 aromatic heterocycles. The maximum Gasteiger partial charge on any atom is 0.344 e. The van der Waals surface area contributed by atoms with Gasteiger partial charge < -0.3 is 14.2 Å². The van der Waals surface area contributed by atoms with Crippen molar-refractivity contribution in [1.82, 2.24) is 10.1 Å². The minimum Gasteiger partial charge on any atom is -0.452 e. The summed E-state index contributed by atoms with van der Waals surface area (Å²) in [6.45, 7) is 3.74. The highest BCUT2D eigenvalue weighted by atomic mass is 16.5. The minimum absolute atomic E-state index is 0.236. The maximum absolute atomic E-state index is 12.6. The molecule has 0 unspecified atom stereocenters. The molecule has 0 aliphatic rings. The molecule has 6 nitrogen and oxygen atoms in total. The first-order chi connectivity index (χ1) is 13.5. The van der Waals surface area contributed by atoms with Crippen molar-refractivity contribution >= 4 is 11.9 Å². The topological polar surface area (TPSA) is 72.6 Å². The first-order valence-electron chi connectivity index (χ1n) is 8.94. The highest BCUT2D eigenvalue weighted by Crippen LogP contribution is 2.25. The Morgan fingerprint density at radius 1 is 1.04 bits per heavy atom. The molecule has 0 fully saturated rings. The molecule has 1 heterocycles. The number of carbonyl (C=O) groups is 2. The van der Waals surface area contributed by atoms with Crippen molar-refractivity contribution in [3.63, 3.8) is 0 Å². The first-order valence-corrected chi connectivity index (χ1v) is 8.94. The van der Waals surface area contributed by atoms with E-state index in [4.69, 9.17) is 9.26 Å². The maximum atomic E-state index is 12.6. The van der Waals surface area contributed by atoms with Gasteiger partial charge in [0.05, 0.1) is 0 Å². The van der Waals surface area contributed by atoms with E-state index in [1.54, 1.807) is 14.0 Å². The number of ether oxygens (including phenoxy) is 1. The number of rotatable bonds is 6. The number of nitrogens with zero attached hydrogens (tertiary/aromatic N) is 2. The van der Waals surface area contributed by atoms with Gasteiger partial charge in [0.1, 0.15) is 17.0 Å². The summed E-state index contributed by atoms with van der Waals surface area (Å²) in [4.78, 5) is 26.4. The number of aryl methyl sites for hydroxylation is 2. The van der Waals surface area contributed by atoms with Crippen molar-refractivity contribution in [1.29, 1.82) is 0 Å². The van der Waals surface area contributed by atoms with Crippen LogP contribution in [0.5, 0.6) is 0 Å². The normalized spacial score (nSPS) is 10.5. The average Bonchev–Trinajstić information content (AvgIpc) is 3.09. The fourth-order valence-electron chi connectivity index (χ4n) is 2.77. The first kappa shape index (κ1) is 19.4. The highest BCUT2D eigenvalue weighted by Gasteiger charge is 2.24. The summed E-state index contributed by atoms with van der Waals surface area (Å²) >= 11 is 0. The Morgan fingerprint density at radius 2 is 1.71 bits per heavy atom. The van der Waals surface area contributed by atoms with E-state index >= 15 is 0 Å². The zero-order valence-electron chi connectivity index (χ0n) is 16.1. The number of carbonyl (C=O) groups excluding carboxylic acids is 2. The van der Waals surface area contributed by atoms with Crippen LogP contribution < -0.4 is 0 Å². The molecule has 3 rings (SSSR count). The van der Waals surface area contributed by atoms with E-state index in [2.05, 4.69) is 5.16 Å². The fourth-order valence-corrected chi connectivity index (χ4v) is 2.77. The van der Waals surface area contributed by atoms with Gasteiger partial charge in [0, 0.05) is 19.2 Å². The molecule has 0 atom stereocenters. The van der Waals surface area contributed by atoms with Crippen LogP contribution in [0.2, 0.25) is 0 Å². The van der Waals surface area contributed by atoms with Crippen LogP contribution in [0, 0.1) is 13.8 Å². The van der Waals surface area contributed by atoms with Gasteiger partial charge in [0.2, 0.25) is 0 Å². The Hall–Kier alpha value is -3.41. The van der Waals surface area contributed by atoms with Gasteiger partial charge >= 0.3 is 5.97 Å². The summed E-state index contributed by atoms with van der Waals surface area (Å²) in [5.41, 5.74) is 3.55. The van der Waals surface area contributed by atoms with Crippen molar-refractivity contribution in [3.05, 3.63) is 77.0 Å². The molecule has 0 radical (unpaired) electrons. The molecule has 0 spiro atoms. The summed E-state index contributed by atoms with van der Waals surface area (Å²) < 4.78 is 10.4. The lowest BCUT2D eigenvalue weighted by molar-refractivity contribution is -0.133. The molecule has 0 bridgehead atoms. The van der Waals surface area contributed by atoms with Crippen LogP contribution in [0.15, 0.2) is 59.1 Å². The Kier molecular flexibility index (Phi) is 5.89. The monoisotopic (exact) mass is 378 g/mol. The summed E-state index contributed by atoms with van der Waals surface area (Å²) in [6, 6.07) is 17.1. The average molecular weight is 378 g/mol. The van der Waals surface area contributed by atoms with E-state index < -0.39 is 5.97 Å². The molecule has 0 aliphatic heterocycles. The second kappa shape index (κ2) is 8.52. The Labute approximate surface area is 163 Å². The number of aromatic nitrogens is 1. The number of amides is 1. The lowest BCUT2D eigenvalue weighted by atomic mass is 10.1. The summed E-state index contributed by atoms with van der Waals surface area (Å²) in [6.07, 6.45) is 0. The van der Waals surface area contributed by atoms with E-state index in [0.717, 1.165) is 16.7 Å². The van der Waals surface area contributed by atoms with E-state index in [0.29, 0.717) is 18.0 Å². The molecule has 3 aromatic rings. The van der Waals surface area contributed by atoms with Gasteiger partial charge in [-0.3, -0.25) is 4.79 Å². The van der Waals surface area contributed by atoms with Gasteiger partial charge in [-0.15, -0.1) is 0 Å². The number of hydrogen-bond donors (Lipinski definition) is 0. The molecular formula is C22H22N2O4. The molecule has 144 valence electrons. The fraction of sp³-hybridized carbons (Fsp3) is 0.227. The second-order valence-corrected chi connectivity index (χ2v) is 6.64. The van der Waals surface area contributed by atoms with E-state index in [1.165, 1.54) is 4.90 Å². The van der Waals surface area contributed by atoms with Crippen LogP contribution >= 0.6 is 0 Å². The third-order valence-electron chi connectivity index (χ3n) is 4.41. The van der Waals surface area contributed by atoms with Crippen molar-refractivity contribution in [2.45, 2.75) is 20.4 Å². The molecule has 2 aromatic carbocycles. The number of esters is 1. The van der Waals surface area contributed by atoms with E-state index in [1.807, 2.05) is 61.5 Å². The van der Waals surface area contributed by atoms with Gasteiger partial charge in [0.15, 0.2) is 6.61 Å². The van der Waals surface area contributed by atoms with Crippen molar-refractivity contribution in [2.75, 3.05) is 13.7 Å². The van der Waals surface area contributed by atoms with Gasteiger partial charge in [-0.05, 0) is 19.4 Å². The van der Waals surface area contributed by atoms with Crippen LogP contribution in [-0.2, 0) is 16.1 Å². The highest BCUT2D eigenvalue weighted by molar-refractivity contribution is 5.98. The van der Waals surface area contributed by atoms with Crippen molar-refractivity contribution in [2.24, 2.45) is 0 Å². The standard InChI is InChI=1S/C22H22N2O4/c1-15-9-11-17(12-10-15)13-24(3)19(25)14-27-22(26)20-16(2)28-23-21(20)18-7-5-4-6-8-18/h4-12H,13-14H2,1-3H3. The molecule has 1 amide bonds. The van der Waals surface area contributed by atoms with E-state index in [-0.39, 0.29) is 18.1 Å². The summed E-state index contributed by atoms with van der Waals surface area (Å²) in [5.74, 6) is -0.566. The molecular weight excluding hydrogens is 356 g/mol. The van der Waals surface area contributed by atoms with Crippen molar-refractivity contribution in [3.8, 4) is 11.3 Å². The minimum atomic E-state index is -0.630. The van der Waals surface area contributed by atoms with Crippen LogP contribution in [0.1, 0.15) is 27.2 Å². The second-order valence-electron chi connectivity index (χ2n) is 6.64. The Bertz CT molecular complexity index is 962. The smallest absolute Gasteiger partial charge is 0.344 e. The van der Waals surface area contributed by atoms with Crippen LogP contribution in [0.3, 0.4) is 0 Å². The summed E-state index contributed by atoms with van der Waals surface area (Å²) in [7, 11) is 1.68. The lowest BCUT2D eigenvalue weighted by Gasteiger charge is -2.17. The van der Waals surface area contributed by atoms with Crippen LogP contribution in [0.25, 0.3) is 11.3 Å². The molecule has 28 heavy (non-hydrogen) atoms. The van der Waals surface area contributed by atoms with Crippen molar-refractivity contribution < 1.29 is 18.8 Å². The third-order valence-corrected chi connectivity index (χ3v) is 4.41. The predicted molar refractivity (Wildman–Crippen MR) is 105 cm³/mol. The zero-order valence-corrected chi connectivity index (χ0v) is 16.1. The molecule has 6 heteroatoms. The largest absolute Gasteiger partial charge is 0.452 e. The quantitative estimate of drug-likeness (QED) is 0.611. The van der Waals surface area contributed by atoms with Gasteiger partial charge in [-0.1, -0.05) is 65.3 Å². The number of hydrogen-bond acceptors (Lipinski definition) is 5. The molecule has 0 aliphatic carbocycles. The van der Waals surface area contributed by atoms with Crippen LogP contribution in [0.4, 0.5) is 0 Å². The predicted octanol–water partition coefficient (Wildman–Crippen LogP) is 3.77. The third kappa shape index (κ3) is 4.46. The van der Waals surface area contributed by atoms with Crippen LogP contribution in [-0.4, -0.2) is 35.6 Å². The summed E-state index contributed by atoms with van der Waals surface area (Å²) in [5, 5.41) is 3.96. The van der Waals surface area contributed by atoms with Gasteiger partial charge in [-0.25, -0.2) is 4.79 Å². The van der Waals surface area contributed by atoms with E-state index in [9.17, 15) is 9.59 Å². The number of benzene rings is 2. The lowest BCUT2D eigenvalue weighted by Crippen LogP contribution is -2.30. The molecule has 0 saturated heterocycles. The zero-order chi connectivity index (χ0) is 20.1. The Morgan fingerprint density at radius 3 is 2.39 bits per heavy atom. The SMILES string of the molecule is Cc1ccc(CN(C)C(=O)COC(=O)c2c(-c3ccccc3)noc2C)cc1. The van der Waals surface area contributed by atoms with Gasteiger partial charge in [-0.2, -0.15) is 0 Å². The molecule has 0 saturated carbocycles.